The van der Waals surface area contributed by atoms with E-state index in [0.717, 1.165) is 17.1 Å². The highest BCUT2D eigenvalue weighted by atomic mass is 35.5. The predicted octanol–water partition coefficient (Wildman–Crippen LogP) is 4.39. The van der Waals surface area contributed by atoms with Crippen LogP contribution in [-0.4, -0.2) is 15.4 Å². The summed E-state index contributed by atoms with van der Waals surface area (Å²) in [5.74, 6) is 0.408. The van der Waals surface area contributed by atoms with Crippen molar-refractivity contribution in [3.8, 4) is 0 Å². The van der Waals surface area contributed by atoms with E-state index in [0.29, 0.717) is 6.54 Å². The van der Waals surface area contributed by atoms with E-state index in [2.05, 4.69) is 0 Å². The van der Waals surface area contributed by atoms with Crippen LogP contribution < -0.4 is 4.90 Å². The lowest BCUT2D eigenvalue weighted by Crippen LogP contribution is -2.32. The highest BCUT2D eigenvalue weighted by Crippen LogP contribution is 2.37. The molecule has 0 fully saturated rings. The van der Waals surface area contributed by atoms with Gasteiger partial charge in [-0.1, -0.05) is 29.8 Å². The summed E-state index contributed by atoms with van der Waals surface area (Å²) in [6.45, 7) is 0.677. The van der Waals surface area contributed by atoms with Gasteiger partial charge in [0.15, 0.2) is 0 Å². The standard InChI is InChI=1S/C18H12ClN3O3/c19-15-10-13(22(24)25)7-8-14(15)18(23)21-16-5-2-1-4-12(16)11-20-9-3-6-17(20)21/h1-10H,11H2. The Morgan fingerprint density at radius 3 is 2.68 bits per heavy atom. The second-order valence-electron chi connectivity index (χ2n) is 5.68. The minimum Gasteiger partial charge on any atom is -0.330 e. The Labute approximate surface area is 148 Å². The molecule has 0 unspecified atom stereocenters. The summed E-state index contributed by atoms with van der Waals surface area (Å²) < 4.78 is 1.97. The molecule has 1 amide bonds. The molecule has 0 saturated carbocycles. The number of hydrogen-bond acceptors (Lipinski definition) is 3. The molecule has 1 aliphatic rings. The summed E-state index contributed by atoms with van der Waals surface area (Å²) in [7, 11) is 0. The fraction of sp³-hybridized carbons (Fsp3) is 0.0556. The third kappa shape index (κ3) is 2.47. The van der Waals surface area contributed by atoms with Crippen LogP contribution in [0.2, 0.25) is 5.02 Å². The number of rotatable bonds is 2. The first kappa shape index (κ1) is 15.4. The van der Waals surface area contributed by atoms with E-state index in [-0.39, 0.29) is 22.2 Å². The molecule has 1 aromatic heterocycles. The maximum Gasteiger partial charge on any atom is 0.270 e. The Hall–Kier alpha value is -3.12. The van der Waals surface area contributed by atoms with Gasteiger partial charge in [0.2, 0.25) is 0 Å². The molecule has 6 nitrogen and oxygen atoms in total. The number of nitrogens with zero attached hydrogens (tertiary/aromatic N) is 3. The number of fused-ring (bicyclic) bond motifs is 2. The van der Waals surface area contributed by atoms with Crippen molar-refractivity contribution >= 4 is 34.7 Å². The Bertz CT molecular complexity index is 1010. The van der Waals surface area contributed by atoms with Crippen LogP contribution in [0.1, 0.15) is 15.9 Å². The molecule has 0 aliphatic carbocycles. The molecule has 4 rings (SSSR count). The van der Waals surface area contributed by atoms with E-state index in [9.17, 15) is 14.9 Å². The van der Waals surface area contributed by atoms with Gasteiger partial charge in [-0.3, -0.25) is 19.8 Å². The monoisotopic (exact) mass is 353 g/mol. The van der Waals surface area contributed by atoms with Crippen LogP contribution >= 0.6 is 11.6 Å². The second-order valence-corrected chi connectivity index (χ2v) is 6.09. The van der Waals surface area contributed by atoms with Crippen molar-refractivity contribution in [2.45, 2.75) is 6.54 Å². The summed E-state index contributed by atoms with van der Waals surface area (Å²) in [6, 6.07) is 15.3. The van der Waals surface area contributed by atoms with Crippen LogP contribution in [0.25, 0.3) is 0 Å². The zero-order valence-electron chi connectivity index (χ0n) is 12.9. The number of amides is 1. The lowest BCUT2D eigenvalue weighted by Gasteiger charge is -2.31. The quantitative estimate of drug-likeness (QED) is 0.507. The Morgan fingerprint density at radius 1 is 1.12 bits per heavy atom. The van der Waals surface area contributed by atoms with Crippen molar-refractivity contribution < 1.29 is 9.72 Å². The fourth-order valence-corrected chi connectivity index (χ4v) is 3.29. The molecule has 2 aromatic carbocycles. The third-order valence-corrected chi connectivity index (χ3v) is 4.52. The molecule has 0 saturated heterocycles. The number of para-hydroxylation sites is 1. The maximum atomic E-state index is 13.2. The van der Waals surface area contributed by atoms with E-state index in [1.807, 2.05) is 47.2 Å². The largest absolute Gasteiger partial charge is 0.330 e. The Balaban J connectivity index is 1.83. The number of nitro groups is 1. The molecule has 0 bridgehead atoms. The van der Waals surface area contributed by atoms with E-state index >= 15 is 0 Å². The predicted molar refractivity (Wildman–Crippen MR) is 94.6 cm³/mol. The van der Waals surface area contributed by atoms with E-state index in [1.165, 1.54) is 18.2 Å². The molecule has 1 aliphatic heterocycles. The zero-order chi connectivity index (χ0) is 17.6. The molecular weight excluding hydrogens is 342 g/mol. The first-order chi connectivity index (χ1) is 12.1. The van der Waals surface area contributed by atoms with Gasteiger partial charge in [-0.25, -0.2) is 0 Å². The van der Waals surface area contributed by atoms with Crippen molar-refractivity contribution in [3.63, 3.8) is 0 Å². The van der Waals surface area contributed by atoms with E-state index in [4.69, 9.17) is 11.6 Å². The molecule has 25 heavy (non-hydrogen) atoms. The molecule has 0 atom stereocenters. The summed E-state index contributed by atoms with van der Waals surface area (Å²) >= 11 is 6.16. The molecule has 3 aromatic rings. The smallest absolute Gasteiger partial charge is 0.270 e. The van der Waals surface area contributed by atoms with E-state index < -0.39 is 4.92 Å². The van der Waals surface area contributed by atoms with Crippen molar-refractivity contribution in [1.29, 1.82) is 0 Å². The molecule has 0 spiro atoms. The van der Waals surface area contributed by atoms with Gasteiger partial charge in [0.05, 0.1) is 27.7 Å². The number of aromatic nitrogens is 1. The first-order valence-electron chi connectivity index (χ1n) is 7.57. The third-order valence-electron chi connectivity index (χ3n) is 4.20. The lowest BCUT2D eigenvalue weighted by molar-refractivity contribution is -0.384. The minimum atomic E-state index is -0.540. The lowest BCUT2D eigenvalue weighted by atomic mass is 10.1. The maximum absolute atomic E-state index is 13.2. The van der Waals surface area contributed by atoms with Crippen LogP contribution in [0.15, 0.2) is 60.8 Å². The van der Waals surface area contributed by atoms with Crippen molar-refractivity contribution in [2.75, 3.05) is 4.90 Å². The number of anilines is 2. The van der Waals surface area contributed by atoms with E-state index in [1.54, 1.807) is 4.90 Å². The fourth-order valence-electron chi connectivity index (χ4n) is 3.04. The van der Waals surface area contributed by atoms with Gasteiger partial charge in [0, 0.05) is 18.3 Å². The normalized spacial score (nSPS) is 12.4. The molecule has 7 heteroatoms. The summed E-state index contributed by atoms with van der Waals surface area (Å²) in [6.07, 6.45) is 1.91. The second kappa shape index (κ2) is 5.75. The number of benzene rings is 2. The van der Waals surface area contributed by atoms with Crippen LogP contribution in [0.3, 0.4) is 0 Å². The van der Waals surface area contributed by atoms with Crippen molar-refractivity contribution in [2.24, 2.45) is 0 Å². The molecule has 0 N–H and O–H groups in total. The molecule has 124 valence electrons. The highest BCUT2D eigenvalue weighted by Gasteiger charge is 2.29. The minimum absolute atomic E-state index is 0.0559. The number of non-ortho nitro benzene ring substituents is 1. The van der Waals surface area contributed by atoms with Gasteiger partial charge in [-0.05, 0) is 29.8 Å². The van der Waals surface area contributed by atoms with Gasteiger partial charge in [-0.15, -0.1) is 0 Å². The average molecular weight is 354 g/mol. The zero-order valence-corrected chi connectivity index (χ0v) is 13.7. The number of nitro benzene ring substituents is 1. The van der Waals surface area contributed by atoms with Crippen molar-refractivity contribution in [3.05, 3.63) is 87.1 Å². The van der Waals surface area contributed by atoms with Crippen molar-refractivity contribution in [1.82, 2.24) is 4.57 Å². The summed E-state index contributed by atoms with van der Waals surface area (Å²) in [4.78, 5) is 25.1. The number of hydrogen-bond donors (Lipinski definition) is 0. The summed E-state index contributed by atoms with van der Waals surface area (Å²) in [5, 5.41) is 10.9. The van der Waals surface area contributed by atoms with Gasteiger partial charge in [-0.2, -0.15) is 0 Å². The molecular formula is C18H12ClN3O3. The van der Waals surface area contributed by atoms with Gasteiger partial charge < -0.3 is 4.57 Å². The number of carbonyl (C=O) groups excluding carboxylic acids is 1. The number of halogens is 1. The first-order valence-corrected chi connectivity index (χ1v) is 7.95. The Morgan fingerprint density at radius 2 is 1.92 bits per heavy atom. The van der Waals surface area contributed by atoms with Crippen LogP contribution in [0.4, 0.5) is 17.2 Å². The van der Waals surface area contributed by atoms with Crippen LogP contribution in [0.5, 0.6) is 0 Å². The summed E-state index contributed by atoms with van der Waals surface area (Å²) in [5.41, 5.74) is 1.87. The SMILES string of the molecule is O=C(c1ccc([N+](=O)[O-])cc1Cl)N1c2ccccc2Cn2cccc21. The Kier molecular flexibility index (Phi) is 3.54. The van der Waals surface area contributed by atoms with Gasteiger partial charge in [0.25, 0.3) is 11.6 Å². The average Bonchev–Trinajstić information content (AvgIpc) is 3.06. The van der Waals surface area contributed by atoms with Crippen LogP contribution in [0, 0.1) is 10.1 Å². The number of carbonyl (C=O) groups is 1. The highest BCUT2D eigenvalue weighted by molar-refractivity contribution is 6.35. The molecule has 2 heterocycles. The molecule has 0 radical (unpaired) electrons. The van der Waals surface area contributed by atoms with Crippen LogP contribution in [-0.2, 0) is 6.54 Å². The van der Waals surface area contributed by atoms with Gasteiger partial charge in [0.1, 0.15) is 5.82 Å². The van der Waals surface area contributed by atoms with Gasteiger partial charge >= 0.3 is 0 Å². The topological polar surface area (TPSA) is 68.4 Å².